The molecule has 3 N–H and O–H groups in total. The van der Waals surface area contributed by atoms with Crippen molar-refractivity contribution in [3.05, 3.63) is 29.3 Å². The second-order valence-corrected chi connectivity index (χ2v) is 5.55. The number of benzene rings is 1. The van der Waals surface area contributed by atoms with Crippen molar-refractivity contribution in [1.82, 2.24) is 5.32 Å². The first-order valence-corrected chi connectivity index (χ1v) is 7.04. The molecule has 1 fully saturated rings. The molecule has 1 aliphatic carbocycles. The average Bonchev–Trinajstić information content (AvgIpc) is 2.82. The van der Waals surface area contributed by atoms with Crippen LogP contribution in [0.5, 0.6) is 0 Å². The van der Waals surface area contributed by atoms with E-state index in [1.165, 1.54) is 0 Å². The number of amides is 1. The molecule has 0 saturated heterocycles. The lowest BCUT2D eigenvalue weighted by atomic mass is 9.86. The molecule has 3 rings (SSSR count). The third-order valence-electron chi connectivity index (χ3n) is 4.28. The topological polar surface area (TPSA) is 78.4 Å². The van der Waals surface area contributed by atoms with Gasteiger partial charge in [-0.15, -0.1) is 0 Å². The summed E-state index contributed by atoms with van der Waals surface area (Å²) in [6, 6.07) is 6.01. The quantitative estimate of drug-likeness (QED) is 0.787. The first-order chi connectivity index (χ1) is 9.65. The minimum absolute atomic E-state index is 0.0155. The monoisotopic (exact) mass is 274 g/mol. The Balaban J connectivity index is 1.68. The van der Waals surface area contributed by atoms with Crippen LogP contribution in [-0.2, 0) is 11.3 Å². The number of hydrogen-bond donors (Lipinski definition) is 3. The minimum Gasteiger partial charge on any atom is -0.481 e. The fourth-order valence-electron chi connectivity index (χ4n) is 3.09. The van der Waals surface area contributed by atoms with Crippen molar-refractivity contribution in [2.45, 2.75) is 38.3 Å². The van der Waals surface area contributed by atoms with Crippen LogP contribution in [0.25, 0.3) is 0 Å². The average molecular weight is 274 g/mol. The van der Waals surface area contributed by atoms with E-state index >= 15 is 0 Å². The fourth-order valence-corrected chi connectivity index (χ4v) is 3.09. The summed E-state index contributed by atoms with van der Waals surface area (Å²) in [4.78, 5) is 22.6. The fraction of sp³-hybridized carbons (Fsp3) is 0.467. The van der Waals surface area contributed by atoms with E-state index in [-0.39, 0.29) is 11.8 Å². The van der Waals surface area contributed by atoms with Gasteiger partial charge in [0, 0.05) is 29.4 Å². The molecule has 1 amide bonds. The molecule has 0 aromatic heterocycles. The Morgan fingerprint density at radius 3 is 2.70 bits per heavy atom. The van der Waals surface area contributed by atoms with E-state index in [0.717, 1.165) is 42.5 Å². The molecule has 5 nitrogen and oxygen atoms in total. The van der Waals surface area contributed by atoms with Gasteiger partial charge in [0.1, 0.15) is 0 Å². The standard InChI is InChI=1S/C15H18N2O3/c18-14-11-2-1-3-13(12(11)8-16-14)17-10-6-4-9(5-7-10)15(19)20/h1-3,9-10,17H,4-8H2,(H,16,18)(H,19,20). The maximum absolute atomic E-state index is 11.6. The molecule has 5 heteroatoms. The Morgan fingerprint density at radius 2 is 2.00 bits per heavy atom. The maximum atomic E-state index is 11.6. The van der Waals surface area contributed by atoms with Gasteiger partial charge in [0.05, 0.1) is 5.92 Å². The summed E-state index contributed by atoms with van der Waals surface area (Å²) in [5.41, 5.74) is 2.77. The van der Waals surface area contributed by atoms with Crippen LogP contribution in [0.4, 0.5) is 5.69 Å². The number of carbonyl (C=O) groups excluding carboxylic acids is 1. The highest BCUT2D eigenvalue weighted by atomic mass is 16.4. The van der Waals surface area contributed by atoms with E-state index < -0.39 is 5.97 Å². The highest BCUT2D eigenvalue weighted by Crippen LogP contribution is 2.30. The maximum Gasteiger partial charge on any atom is 0.306 e. The Morgan fingerprint density at radius 1 is 1.25 bits per heavy atom. The minimum atomic E-state index is -0.682. The van der Waals surface area contributed by atoms with Crippen molar-refractivity contribution in [2.75, 3.05) is 5.32 Å². The van der Waals surface area contributed by atoms with E-state index in [2.05, 4.69) is 10.6 Å². The number of fused-ring (bicyclic) bond motifs is 1. The molecule has 0 spiro atoms. The highest BCUT2D eigenvalue weighted by Gasteiger charge is 2.27. The predicted octanol–water partition coefficient (Wildman–Crippen LogP) is 1.99. The summed E-state index contributed by atoms with van der Waals surface area (Å²) in [7, 11) is 0. The molecular formula is C15H18N2O3. The number of nitrogens with one attached hydrogen (secondary N) is 2. The lowest BCUT2D eigenvalue weighted by molar-refractivity contribution is -0.142. The summed E-state index contributed by atoms with van der Waals surface area (Å²) in [5, 5.41) is 15.3. The lowest BCUT2D eigenvalue weighted by Gasteiger charge is -2.28. The summed E-state index contributed by atoms with van der Waals surface area (Å²) < 4.78 is 0. The molecule has 1 aliphatic heterocycles. The number of hydrogen-bond acceptors (Lipinski definition) is 3. The van der Waals surface area contributed by atoms with Crippen molar-refractivity contribution in [2.24, 2.45) is 5.92 Å². The smallest absolute Gasteiger partial charge is 0.306 e. The van der Waals surface area contributed by atoms with Crippen LogP contribution in [0, 0.1) is 5.92 Å². The van der Waals surface area contributed by atoms with Gasteiger partial charge in [0.15, 0.2) is 0 Å². The first-order valence-electron chi connectivity index (χ1n) is 7.04. The van der Waals surface area contributed by atoms with Gasteiger partial charge in [0.2, 0.25) is 0 Å². The van der Waals surface area contributed by atoms with Gasteiger partial charge in [-0.1, -0.05) is 6.07 Å². The van der Waals surface area contributed by atoms with Crippen molar-refractivity contribution >= 4 is 17.6 Å². The van der Waals surface area contributed by atoms with Crippen LogP contribution in [-0.4, -0.2) is 23.0 Å². The number of anilines is 1. The summed E-state index contributed by atoms with van der Waals surface area (Å²) in [6.07, 6.45) is 3.17. The van der Waals surface area contributed by atoms with Crippen molar-refractivity contribution in [1.29, 1.82) is 0 Å². The summed E-state index contributed by atoms with van der Waals surface area (Å²) in [5.74, 6) is -0.894. The molecule has 1 heterocycles. The SMILES string of the molecule is O=C1NCc2c(NC3CCC(C(=O)O)CC3)cccc21. The van der Waals surface area contributed by atoms with Crippen LogP contribution in [0.2, 0.25) is 0 Å². The Kier molecular flexibility index (Phi) is 3.34. The number of carbonyl (C=O) groups is 2. The Hall–Kier alpha value is -2.04. The van der Waals surface area contributed by atoms with Gasteiger partial charge < -0.3 is 15.7 Å². The second kappa shape index (κ2) is 5.15. The molecule has 106 valence electrons. The van der Waals surface area contributed by atoms with Crippen LogP contribution in [0.3, 0.4) is 0 Å². The van der Waals surface area contributed by atoms with E-state index in [4.69, 9.17) is 5.11 Å². The molecule has 1 saturated carbocycles. The molecular weight excluding hydrogens is 256 g/mol. The molecule has 0 atom stereocenters. The normalized spacial score (nSPS) is 24.9. The zero-order chi connectivity index (χ0) is 14.1. The molecule has 1 aromatic carbocycles. The van der Waals surface area contributed by atoms with Gasteiger partial charge in [-0.25, -0.2) is 0 Å². The van der Waals surface area contributed by atoms with E-state index in [1.807, 2.05) is 18.2 Å². The Bertz CT molecular complexity index is 548. The van der Waals surface area contributed by atoms with Gasteiger partial charge in [-0.2, -0.15) is 0 Å². The highest BCUT2D eigenvalue weighted by molar-refractivity contribution is 6.00. The summed E-state index contributed by atoms with van der Waals surface area (Å²) >= 11 is 0. The van der Waals surface area contributed by atoms with Gasteiger partial charge in [0.25, 0.3) is 5.91 Å². The van der Waals surface area contributed by atoms with Crippen molar-refractivity contribution < 1.29 is 14.7 Å². The third-order valence-corrected chi connectivity index (χ3v) is 4.28. The molecule has 0 bridgehead atoms. The Labute approximate surface area is 117 Å². The third kappa shape index (κ3) is 2.35. The lowest BCUT2D eigenvalue weighted by Crippen LogP contribution is -2.29. The first kappa shape index (κ1) is 13.0. The van der Waals surface area contributed by atoms with Crippen molar-refractivity contribution in [3.63, 3.8) is 0 Å². The van der Waals surface area contributed by atoms with Gasteiger partial charge in [-0.05, 0) is 37.8 Å². The van der Waals surface area contributed by atoms with Gasteiger partial charge >= 0.3 is 5.97 Å². The van der Waals surface area contributed by atoms with Crippen LogP contribution in [0.1, 0.15) is 41.6 Å². The van der Waals surface area contributed by atoms with E-state index in [1.54, 1.807) is 0 Å². The number of rotatable bonds is 3. The zero-order valence-electron chi connectivity index (χ0n) is 11.2. The largest absolute Gasteiger partial charge is 0.481 e. The number of carboxylic acid groups (broad SMARTS) is 1. The molecule has 20 heavy (non-hydrogen) atoms. The molecule has 0 unspecified atom stereocenters. The number of carboxylic acids is 1. The molecule has 1 aromatic rings. The van der Waals surface area contributed by atoms with Crippen LogP contribution in [0.15, 0.2) is 18.2 Å². The molecule has 2 aliphatic rings. The zero-order valence-corrected chi connectivity index (χ0v) is 11.2. The van der Waals surface area contributed by atoms with Crippen LogP contribution >= 0.6 is 0 Å². The van der Waals surface area contributed by atoms with Crippen molar-refractivity contribution in [3.8, 4) is 0 Å². The van der Waals surface area contributed by atoms with E-state index in [9.17, 15) is 9.59 Å². The summed E-state index contributed by atoms with van der Waals surface area (Å²) in [6.45, 7) is 0.571. The number of aliphatic carboxylic acids is 1. The van der Waals surface area contributed by atoms with E-state index in [0.29, 0.717) is 12.6 Å². The second-order valence-electron chi connectivity index (χ2n) is 5.55. The van der Waals surface area contributed by atoms with Crippen LogP contribution < -0.4 is 10.6 Å². The molecule has 0 radical (unpaired) electrons. The predicted molar refractivity (Wildman–Crippen MR) is 74.6 cm³/mol. The van der Waals surface area contributed by atoms with Gasteiger partial charge in [-0.3, -0.25) is 9.59 Å².